The average Bonchev–Trinajstić information content (AvgIpc) is 3.03. The molecule has 6 heteroatoms. The highest BCUT2D eigenvalue weighted by Crippen LogP contribution is 2.17. The van der Waals surface area contributed by atoms with Gasteiger partial charge < -0.3 is 20.3 Å². The molecule has 0 saturated carbocycles. The van der Waals surface area contributed by atoms with Gasteiger partial charge in [0, 0.05) is 12.7 Å². The lowest BCUT2D eigenvalue weighted by Crippen LogP contribution is -2.37. The van der Waals surface area contributed by atoms with Crippen LogP contribution in [0, 0.1) is 0 Å². The van der Waals surface area contributed by atoms with Crippen molar-refractivity contribution in [3.8, 4) is 0 Å². The van der Waals surface area contributed by atoms with E-state index in [1.54, 1.807) is 6.07 Å². The van der Waals surface area contributed by atoms with Crippen LogP contribution in [0.2, 0.25) is 0 Å². The minimum absolute atomic E-state index is 0.103. The predicted molar refractivity (Wildman–Crippen MR) is 77.4 cm³/mol. The minimum Gasteiger partial charge on any atom is -0.396 e. The first-order valence-corrected chi connectivity index (χ1v) is 6.89. The molecule has 1 aromatic carbocycles. The van der Waals surface area contributed by atoms with Crippen LogP contribution in [0.4, 0.5) is 4.79 Å². The van der Waals surface area contributed by atoms with Gasteiger partial charge in [-0.2, -0.15) is 0 Å². The minimum atomic E-state index is -0.273. The zero-order chi connectivity index (χ0) is 14.9. The van der Waals surface area contributed by atoms with Crippen molar-refractivity contribution in [1.82, 2.24) is 15.8 Å². The van der Waals surface area contributed by atoms with E-state index >= 15 is 0 Å². The quantitative estimate of drug-likeness (QED) is 0.727. The summed E-state index contributed by atoms with van der Waals surface area (Å²) in [4.78, 5) is 11.9. The highest BCUT2D eigenvalue weighted by atomic mass is 16.5. The van der Waals surface area contributed by atoms with Crippen LogP contribution in [-0.2, 0) is 6.54 Å². The maximum Gasteiger partial charge on any atom is 0.315 e. The lowest BCUT2D eigenvalue weighted by atomic mass is 10.0. The number of urea groups is 1. The summed E-state index contributed by atoms with van der Waals surface area (Å²) in [5.41, 5.74) is 1.68. The molecule has 21 heavy (non-hydrogen) atoms. The summed E-state index contributed by atoms with van der Waals surface area (Å²) >= 11 is 0. The number of hydrogen-bond donors (Lipinski definition) is 3. The van der Waals surface area contributed by atoms with Crippen LogP contribution in [0.3, 0.4) is 0 Å². The summed E-state index contributed by atoms with van der Waals surface area (Å²) in [6, 6.07) is 11.0. The van der Waals surface area contributed by atoms with Crippen molar-refractivity contribution >= 4 is 6.03 Å². The Morgan fingerprint density at radius 2 is 2.10 bits per heavy atom. The molecule has 6 nitrogen and oxygen atoms in total. The molecular weight excluding hydrogens is 270 g/mol. The van der Waals surface area contributed by atoms with Crippen LogP contribution in [0.25, 0.3) is 0 Å². The third-order valence-corrected chi connectivity index (χ3v) is 3.08. The second kappa shape index (κ2) is 8.06. The van der Waals surface area contributed by atoms with Crippen LogP contribution in [0.15, 0.2) is 47.2 Å². The van der Waals surface area contributed by atoms with Crippen molar-refractivity contribution < 1.29 is 14.4 Å². The third kappa shape index (κ3) is 4.92. The molecule has 112 valence electrons. The van der Waals surface area contributed by atoms with Crippen LogP contribution in [0.1, 0.15) is 30.1 Å². The fraction of sp³-hybridized carbons (Fsp3) is 0.333. The molecule has 1 heterocycles. The number of hydrogen-bond acceptors (Lipinski definition) is 4. The number of benzene rings is 1. The molecule has 2 aromatic rings. The van der Waals surface area contributed by atoms with Gasteiger partial charge in [-0.3, -0.25) is 0 Å². The third-order valence-electron chi connectivity index (χ3n) is 3.08. The molecule has 0 saturated heterocycles. The molecule has 1 aromatic heterocycles. The number of carbonyl (C=O) groups is 1. The molecule has 0 aliphatic carbocycles. The molecule has 0 fully saturated rings. The van der Waals surface area contributed by atoms with Gasteiger partial charge in [-0.05, 0) is 18.4 Å². The molecule has 1 atom stereocenters. The molecule has 0 bridgehead atoms. The molecule has 1 unspecified atom stereocenters. The number of nitrogens with one attached hydrogen (secondary N) is 2. The molecular formula is C15H19N3O3. The largest absolute Gasteiger partial charge is 0.396 e. The number of aliphatic hydroxyl groups excluding tert-OH is 1. The van der Waals surface area contributed by atoms with Gasteiger partial charge in [0.15, 0.2) is 0 Å². The molecule has 3 N–H and O–H groups in total. The van der Waals surface area contributed by atoms with E-state index in [4.69, 9.17) is 9.63 Å². The van der Waals surface area contributed by atoms with Crippen molar-refractivity contribution in [2.45, 2.75) is 25.4 Å². The second-order valence-electron chi connectivity index (χ2n) is 4.65. The van der Waals surface area contributed by atoms with Gasteiger partial charge in [0.2, 0.25) is 0 Å². The number of carbonyl (C=O) groups excluding carboxylic acids is 1. The normalized spacial score (nSPS) is 11.9. The molecule has 2 rings (SSSR count). The van der Waals surface area contributed by atoms with E-state index in [0.717, 1.165) is 5.56 Å². The first-order valence-electron chi connectivity index (χ1n) is 6.89. The van der Waals surface area contributed by atoms with Crippen molar-refractivity contribution in [3.05, 3.63) is 53.9 Å². The van der Waals surface area contributed by atoms with Gasteiger partial charge in [-0.15, -0.1) is 0 Å². The number of amides is 2. The predicted octanol–water partition coefficient (Wildman–Crippen LogP) is 1.99. The number of aromatic nitrogens is 1. The average molecular weight is 289 g/mol. The first kappa shape index (κ1) is 15.1. The van der Waals surface area contributed by atoms with E-state index in [-0.39, 0.29) is 18.7 Å². The smallest absolute Gasteiger partial charge is 0.315 e. The highest BCUT2D eigenvalue weighted by molar-refractivity contribution is 5.74. The van der Waals surface area contributed by atoms with Crippen molar-refractivity contribution in [1.29, 1.82) is 0 Å². The topological polar surface area (TPSA) is 87.4 Å². The summed E-state index contributed by atoms with van der Waals surface area (Å²) in [6.45, 7) is 0.412. The second-order valence-corrected chi connectivity index (χ2v) is 4.65. The maximum absolute atomic E-state index is 11.9. The molecule has 0 spiro atoms. The SMILES string of the molecule is O=C(NCc1ccon1)NC(CCCO)c1ccccc1. The Labute approximate surface area is 123 Å². The monoisotopic (exact) mass is 289 g/mol. The van der Waals surface area contributed by atoms with Crippen LogP contribution in [0.5, 0.6) is 0 Å². The summed E-state index contributed by atoms with van der Waals surface area (Å²) in [5.74, 6) is 0. The van der Waals surface area contributed by atoms with Gasteiger partial charge in [-0.25, -0.2) is 4.79 Å². The van der Waals surface area contributed by atoms with E-state index < -0.39 is 0 Å². The molecule has 0 aliphatic heterocycles. The van der Waals surface area contributed by atoms with Gasteiger partial charge in [0.1, 0.15) is 12.0 Å². The lowest BCUT2D eigenvalue weighted by Gasteiger charge is -2.19. The Hall–Kier alpha value is -2.34. The molecule has 0 radical (unpaired) electrons. The fourth-order valence-corrected chi connectivity index (χ4v) is 2.01. The highest BCUT2D eigenvalue weighted by Gasteiger charge is 2.14. The van der Waals surface area contributed by atoms with Crippen LogP contribution in [-0.4, -0.2) is 22.9 Å². The lowest BCUT2D eigenvalue weighted by molar-refractivity contribution is 0.232. The fourth-order valence-electron chi connectivity index (χ4n) is 2.01. The summed E-state index contributed by atoms with van der Waals surface area (Å²) in [5, 5.41) is 18.3. The number of rotatable bonds is 7. The van der Waals surface area contributed by atoms with E-state index in [2.05, 4.69) is 15.8 Å². The molecule has 2 amide bonds. The zero-order valence-corrected chi connectivity index (χ0v) is 11.7. The van der Waals surface area contributed by atoms with Gasteiger partial charge in [0.25, 0.3) is 0 Å². The summed E-state index contributed by atoms with van der Waals surface area (Å²) in [7, 11) is 0. The Morgan fingerprint density at radius 3 is 2.76 bits per heavy atom. The molecule has 0 aliphatic rings. The first-order chi connectivity index (χ1) is 10.3. The van der Waals surface area contributed by atoms with Gasteiger partial charge in [-0.1, -0.05) is 35.5 Å². The van der Waals surface area contributed by atoms with Crippen LogP contribution < -0.4 is 10.6 Å². The van der Waals surface area contributed by atoms with E-state index in [0.29, 0.717) is 25.1 Å². The maximum atomic E-state index is 11.9. The van der Waals surface area contributed by atoms with Gasteiger partial charge >= 0.3 is 6.03 Å². The number of nitrogens with zero attached hydrogens (tertiary/aromatic N) is 1. The van der Waals surface area contributed by atoms with E-state index in [9.17, 15) is 4.79 Å². The Bertz CT molecular complexity index is 528. The summed E-state index contributed by atoms with van der Waals surface area (Å²) in [6.07, 6.45) is 2.77. The zero-order valence-electron chi connectivity index (χ0n) is 11.7. The van der Waals surface area contributed by atoms with E-state index in [1.807, 2.05) is 30.3 Å². The Morgan fingerprint density at radius 1 is 1.29 bits per heavy atom. The van der Waals surface area contributed by atoms with Crippen molar-refractivity contribution in [2.75, 3.05) is 6.61 Å². The Balaban J connectivity index is 1.89. The van der Waals surface area contributed by atoms with E-state index in [1.165, 1.54) is 6.26 Å². The van der Waals surface area contributed by atoms with Crippen molar-refractivity contribution in [3.63, 3.8) is 0 Å². The van der Waals surface area contributed by atoms with Crippen LogP contribution >= 0.6 is 0 Å². The summed E-state index contributed by atoms with van der Waals surface area (Å²) < 4.78 is 4.70. The van der Waals surface area contributed by atoms with Gasteiger partial charge in [0.05, 0.1) is 12.6 Å². The number of aliphatic hydroxyl groups is 1. The standard InChI is InChI=1S/C15H19N3O3/c19-9-4-7-14(12-5-2-1-3-6-12)17-15(20)16-11-13-8-10-21-18-13/h1-3,5-6,8,10,14,19H,4,7,9,11H2,(H2,16,17,20). The Kier molecular flexibility index (Phi) is 5.78. The van der Waals surface area contributed by atoms with Crippen molar-refractivity contribution in [2.24, 2.45) is 0 Å².